The second kappa shape index (κ2) is 22.0. The summed E-state index contributed by atoms with van der Waals surface area (Å²) in [5.74, 6) is 0. The van der Waals surface area contributed by atoms with E-state index in [1.165, 1.54) is 128 Å². The quantitative estimate of drug-likeness (QED) is 0.437. The standard InChI is InChI=1S/2C10H20.C2H6O/c2*1-2-4-6-8-10-9-7-5-3-1;1-3-2/h2*1-10H2;1-2H3. The smallest absolute Gasteiger partial charge is 0.0351 e. The van der Waals surface area contributed by atoms with Crippen molar-refractivity contribution in [3.63, 3.8) is 0 Å². The van der Waals surface area contributed by atoms with Gasteiger partial charge in [0.25, 0.3) is 0 Å². The maximum Gasteiger partial charge on any atom is 0.0351 e. The van der Waals surface area contributed by atoms with Crippen molar-refractivity contribution >= 4 is 0 Å². The van der Waals surface area contributed by atoms with Crippen molar-refractivity contribution in [3.05, 3.63) is 0 Å². The molecule has 2 aliphatic rings. The molecule has 0 aromatic heterocycles. The van der Waals surface area contributed by atoms with E-state index in [0.717, 1.165) is 0 Å². The Balaban J connectivity index is 0.000000360. The van der Waals surface area contributed by atoms with Crippen molar-refractivity contribution in [2.24, 2.45) is 0 Å². The summed E-state index contributed by atoms with van der Waals surface area (Å²) < 4.78 is 4.25. The summed E-state index contributed by atoms with van der Waals surface area (Å²) in [6, 6.07) is 0. The first-order chi connectivity index (χ1) is 11.4. The Labute approximate surface area is 148 Å². The van der Waals surface area contributed by atoms with E-state index in [1.807, 2.05) is 0 Å². The van der Waals surface area contributed by atoms with E-state index in [1.54, 1.807) is 14.2 Å². The van der Waals surface area contributed by atoms with Crippen molar-refractivity contribution in [2.75, 3.05) is 14.2 Å². The Morgan fingerprint density at radius 3 is 0.348 bits per heavy atom. The third-order valence-corrected chi connectivity index (χ3v) is 5.00. The van der Waals surface area contributed by atoms with Gasteiger partial charge < -0.3 is 4.74 Å². The van der Waals surface area contributed by atoms with Gasteiger partial charge in [0.05, 0.1) is 0 Å². The van der Waals surface area contributed by atoms with Gasteiger partial charge in [-0.1, -0.05) is 128 Å². The predicted molar refractivity (Wildman–Crippen MR) is 105 cm³/mol. The van der Waals surface area contributed by atoms with Crippen LogP contribution in [0.25, 0.3) is 0 Å². The zero-order valence-electron chi connectivity index (χ0n) is 16.6. The molecule has 2 aliphatic carbocycles. The van der Waals surface area contributed by atoms with Gasteiger partial charge in [0.15, 0.2) is 0 Å². The minimum atomic E-state index is 1.50. The minimum Gasteiger partial charge on any atom is -0.388 e. The van der Waals surface area contributed by atoms with Gasteiger partial charge in [-0.05, 0) is 0 Å². The van der Waals surface area contributed by atoms with Crippen LogP contribution in [0.1, 0.15) is 128 Å². The summed E-state index contributed by atoms with van der Waals surface area (Å²) in [7, 11) is 3.25. The first-order valence-corrected chi connectivity index (χ1v) is 10.8. The molecule has 1 nitrogen and oxygen atoms in total. The molecular weight excluding hydrogens is 280 g/mol. The molecule has 0 amide bonds. The molecule has 0 N–H and O–H groups in total. The van der Waals surface area contributed by atoms with Crippen molar-refractivity contribution in [2.45, 2.75) is 128 Å². The molecule has 0 aromatic rings. The second-order valence-electron chi connectivity index (χ2n) is 7.48. The van der Waals surface area contributed by atoms with Gasteiger partial charge in [-0.3, -0.25) is 0 Å². The Bertz CT molecular complexity index is 104. The van der Waals surface area contributed by atoms with Crippen LogP contribution in [-0.4, -0.2) is 14.2 Å². The summed E-state index contributed by atoms with van der Waals surface area (Å²) in [4.78, 5) is 0. The number of hydrogen-bond donors (Lipinski definition) is 0. The largest absolute Gasteiger partial charge is 0.388 e. The molecule has 2 rings (SSSR count). The predicted octanol–water partition coefficient (Wildman–Crippen LogP) is 8.06. The summed E-state index contributed by atoms with van der Waals surface area (Å²) in [6.07, 6.45) is 30.0. The zero-order chi connectivity index (χ0) is 16.8. The van der Waals surface area contributed by atoms with Crippen molar-refractivity contribution in [1.29, 1.82) is 0 Å². The summed E-state index contributed by atoms with van der Waals surface area (Å²) in [6.45, 7) is 0. The van der Waals surface area contributed by atoms with Gasteiger partial charge in [-0.25, -0.2) is 0 Å². The molecule has 0 bridgehead atoms. The maximum atomic E-state index is 4.25. The van der Waals surface area contributed by atoms with E-state index in [9.17, 15) is 0 Å². The first kappa shape index (κ1) is 23.0. The molecule has 0 saturated heterocycles. The van der Waals surface area contributed by atoms with Gasteiger partial charge in [0.1, 0.15) is 0 Å². The van der Waals surface area contributed by atoms with Gasteiger partial charge >= 0.3 is 0 Å². The molecule has 0 radical (unpaired) electrons. The first-order valence-electron chi connectivity index (χ1n) is 10.8. The topological polar surface area (TPSA) is 9.23 Å². The van der Waals surface area contributed by atoms with Crippen LogP contribution in [0.2, 0.25) is 0 Å². The van der Waals surface area contributed by atoms with Crippen LogP contribution in [0, 0.1) is 0 Å². The molecule has 23 heavy (non-hydrogen) atoms. The molecule has 140 valence electrons. The van der Waals surface area contributed by atoms with Gasteiger partial charge in [-0.2, -0.15) is 0 Å². The molecule has 2 fully saturated rings. The zero-order valence-corrected chi connectivity index (χ0v) is 16.6. The van der Waals surface area contributed by atoms with Crippen LogP contribution in [0.5, 0.6) is 0 Å². The average molecular weight is 327 g/mol. The monoisotopic (exact) mass is 326 g/mol. The van der Waals surface area contributed by atoms with Crippen molar-refractivity contribution in [3.8, 4) is 0 Å². The number of ether oxygens (including phenoxy) is 1. The maximum absolute atomic E-state index is 4.25. The Morgan fingerprint density at radius 1 is 0.261 bits per heavy atom. The highest BCUT2D eigenvalue weighted by molar-refractivity contribution is 4.52. The van der Waals surface area contributed by atoms with E-state index in [-0.39, 0.29) is 0 Å². The van der Waals surface area contributed by atoms with Crippen LogP contribution in [0.3, 0.4) is 0 Å². The third-order valence-electron chi connectivity index (χ3n) is 5.00. The molecule has 2 saturated carbocycles. The fourth-order valence-corrected chi connectivity index (χ4v) is 3.54. The van der Waals surface area contributed by atoms with Crippen LogP contribution < -0.4 is 0 Å². The number of methoxy groups -OCH3 is 1. The van der Waals surface area contributed by atoms with Crippen molar-refractivity contribution in [1.82, 2.24) is 0 Å². The molecule has 0 atom stereocenters. The van der Waals surface area contributed by atoms with Gasteiger partial charge in [0, 0.05) is 14.2 Å². The summed E-state index contributed by atoms with van der Waals surface area (Å²) >= 11 is 0. The van der Waals surface area contributed by atoms with Crippen LogP contribution in [0.4, 0.5) is 0 Å². The van der Waals surface area contributed by atoms with Crippen LogP contribution in [0.15, 0.2) is 0 Å². The van der Waals surface area contributed by atoms with E-state index in [2.05, 4.69) is 4.74 Å². The summed E-state index contributed by atoms with van der Waals surface area (Å²) in [5, 5.41) is 0. The Morgan fingerprint density at radius 2 is 0.304 bits per heavy atom. The lowest BCUT2D eigenvalue weighted by atomic mass is 10.0. The second-order valence-corrected chi connectivity index (χ2v) is 7.48. The molecule has 0 aromatic carbocycles. The highest BCUT2D eigenvalue weighted by Gasteiger charge is 1.96. The van der Waals surface area contributed by atoms with E-state index < -0.39 is 0 Å². The SMILES string of the molecule is C1CCCCCCCCC1.C1CCCCCCCCC1.COC. The molecule has 1 heteroatoms. The van der Waals surface area contributed by atoms with Crippen LogP contribution in [-0.2, 0) is 4.74 Å². The van der Waals surface area contributed by atoms with E-state index in [4.69, 9.17) is 0 Å². The number of hydrogen-bond acceptors (Lipinski definition) is 1. The number of rotatable bonds is 0. The highest BCUT2D eigenvalue weighted by atomic mass is 16.4. The lowest BCUT2D eigenvalue weighted by Gasteiger charge is -2.05. The molecular formula is C22H46O. The molecule has 0 spiro atoms. The van der Waals surface area contributed by atoms with E-state index >= 15 is 0 Å². The van der Waals surface area contributed by atoms with Gasteiger partial charge in [-0.15, -0.1) is 0 Å². The third kappa shape index (κ3) is 22.0. The molecule has 0 unspecified atom stereocenters. The fourth-order valence-electron chi connectivity index (χ4n) is 3.54. The fraction of sp³-hybridized carbons (Fsp3) is 1.00. The Kier molecular flexibility index (Phi) is 21.9. The van der Waals surface area contributed by atoms with E-state index in [0.29, 0.717) is 0 Å². The lowest BCUT2D eigenvalue weighted by Crippen LogP contribution is -1.85. The van der Waals surface area contributed by atoms with Crippen molar-refractivity contribution < 1.29 is 4.74 Å². The Hall–Kier alpha value is -0.0400. The average Bonchev–Trinajstić information content (AvgIpc) is 2.60. The summed E-state index contributed by atoms with van der Waals surface area (Å²) in [5.41, 5.74) is 0. The molecule has 0 heterocycles. The minimum absolute atomic E-state index is 1.50. The highest BCUT2D eigenvalue weighted by Crippen LogP contribution is 2.16. The van der Waals surface area contributed by atoms with Crippen LogP contribution >= 0.6 is 0 Å². The lowest BCUT2D eigenvalue weighted by molar-refractivity contribution is 0.277. The normalized spacial score (nSPS) is 21.7. The molecule has 0 aliphatic heterocycles. The van der Waals surface area contributed by atoms with Gasteiger partial charge in [0.2, 0.25) is 0 Å².